The molecule has 2 amide bonds. The molecule has 1 aromatic carbocycles. The van der Waals surface area contributed by atoms with E-state index in [9.17, 15) is 27.9 Å². The first-order valence-electron chi connectivity index (χ1n) is 11.1. The largest absolute Gasteiger partial charge is 1.00 e. The van der Waals surface area contributed by atoms with Crippen LogP contribution in [0.1, 0.15) is 43.2 Å². The summed E-state index contributed by atoms with van der Waals surface area (Å²) in [6.45, 7) is 1.70. The van der Waals surface area contributed by atoms with Gasteiger partial charge in [0.2, 0.25) is 0 Å². The molecule has 0 spiro atoms. The maximum atomic E-state index is 12.9. The Kier molecular flexibility index (Phi) is 10.2. The van der Waals surface area contributed by atoms with Crippen LogP contribution < -0.4 is 67.2 Å². The molecule has 196 valence electrons. The third-order valence-electron chi connectivity index (χ3n) is 5.37. The van der Waals surface area contributed by atoms with Gasteiger partial charge in [-0.15, -0.1) is 11.3 Å². The first kappa shape index (κ1) is 30.7. The van der Waals surface area contributed by atoms with Gasteiger partial charge in [0.15, 0.2) is 0 Å². The summed E-state index contributed by atoms with van der Waals surface area (Å²) in [6.07, 6.45) is -2.88. The third kappa shape index (κ3) is 7.41. The molecule has 9 nitrogen and oxygen atoms in total. The average Bonchev–Trinajstić information content (AvgIpc) is 3.50. The number of carbonyl (C=O) groups excluding carboxylic acids is 2. The molecule has 0 aliphatic heterocycles. The molecule has 3 heterocycles. The van der Waals surface area contributed by atoms with Crippen LogP contribution >= 0.6 is 11.3 Å². The number of aryl methyl sites for hydroxylation is 1. The van der Waals surface area contributed by atoms with E-state index >= 15 is 0 Å². The van der Waals surface area contributed by atoms with Gasteiger partial charge in [0.1, 0.15) is 5.69 Å². The zero-order valence-corrected chi connectivity index (χ0v) is 25.0. The molecule has 0 atom stereocenters. The van der Waals surface area contributed by atoms with Gasteiger partial charge >= 0.3 is 57.6 Å². The fraction of sp³-hybridized carbons (Fsp3) is 0.160. The average molecular weight is 581 g/mol. The Balaban J connectivity index is 0.00000420. The van der Waals surface area contributed by atoms with Gasteiger partial charge in [-0.05, 0) is 48.9 Å². The summed E-state index contributed by atoms with van der Waals surface area (Å²) < 4.78 is 39.8. The molecule has 39 heavy (non-hydrogen) atoms. The Bertz CT molecular complexity index is 1500. The quantitative estimate of drug-likeness (QED) is 0.190. The SMILES string of the molecule is C/C(=N\NC(=O)c1ccc(C(=O)NCc2ccccn2)s1)c1nn(C)c(-c2ccc(C(F)(F)F)cc2)c1[O-].[K+]. The number of benzene rings is 1. The van der Waals surface area contributed by atoms with Gasteiger partial charge in [0.25, 0.3) is 11.8 Å². The Morgan fingerprint density at radius 2 is 1.72 bits per heavy atom. The first-order chi connectivity index (χ1) is 18.0. The molecule has 3 aromatic heterocycles. The van der Waals surface area contributed by atoms with Gasteiger partial charge in [-0.1, -0.05) is 23.9 Å². The number of nitrogens with zero attached hydrogens (tertiary/aromatic N) is 4. The molecule has 0 aliphatic rings. The van der Waals surface area contributed by atoms with Crippen molar-refractivity contribution >= 4 is 28.9 Å². The predicted octanol–water partition coefficient (Wildman–Crippen LogP) is 0.724. The van der Waals surface area contributed by atoms with Crippen LogP contribution in [0.15, 0.2) is 65.9 Å². The summed E-state index contributed by atoms with van der Waals surface area (Å²) in [5, 5.41) is 23.7. The van der Waals surface area contributed by atoms with Crippen LogP contribution in [0, 0.1) is 0 Å². The minimum Gasteiger partial charge on any atom is -0.869 e. The van der Waals surface area contributed by atoms with E-state index in [1.807, 2.05) is 0 Å². The van der Waals surface area contributed by atoms with E-state index in [0.717, 1.165) is 23.5 Å². The van der Waals surface area contributed by atoms with Gasteiger partial charge in [0, 0.05) is 13.2 Å². The summed E-state index contributed by atoms with van der Waals surface area (Å²) in [7, 11) is 1.48. The van der Waals surface area contributed by atoms with E-state index in [1.54, 1.807) is 24.4 Å². The molecule has 0 fully saturated rings. The molecule has 0 bridgehead atoms. The Labute approximate surface area is 267 Å². The van der Waals surface area contributed by atoms with Crippen molar-refractivity contribution in [1.82, 2.24) is 25.5 Å². The fourth-order valence-electron chi connectivity index (χ4n) is 3.46. The number of rotatable bonds is 7. The second-order valence-electron chi connectivity index (χ2n) is 8.03. The molecule has 2 N–H and O–H groups in total. The minimum atomic E-state index is -4.50. The van der Waals surface area contributed by atoms with Gasteiger partial charge in [-0.2, -0.15) is 23.4 Å². The van der Waals surface area contributed by atoms with Gasteiger partial charge in [-0.25, -0.2) is 5.43 Å². The molecule has 4 aromatic rings. The van der Waals surface area contributed by atoms with Crippen LogP contribution in [0.3, 0.4) is 0 Å². The van der Waals surface area contributed by atoms with Gasteiger partial charge in [-0.3, -0.25) is 19.3 Å². The Hall–Kier alpha value is -2.88. The van der Waals surface area contributed by atoms with Crippen molar-refractivity contribution in [2.75, 3.05) is 0 Å². The zero-order valence-electron chi connectivity index (χ0n) is 21.0. The van der Waals surface area contributed by atoms with Gasteiger partial charge < -0.3 is 10.4 Å². The Morgan fingerprint density at radius 3 is 2.33 bits per heavy atom. The number of aromatic nitrogens is 3. The van der Waals surface area contributed by atoms with E-state index in [4.69, 9.17) is 0 Å². The summed E-state index contributed by atoms with van der Waals surface area (Å²) in [6, 6.07) is 12.5. The Morgan fingerprint density at radius 1 is 1.05 bits per heavy atom. The number of nitrogens with one attached hydrogen (secondary N) is 2. The number of hydrazone groups is 1. The van der Waals surface area contributed by atoms with Crippen LogP contribution in [0.4, 0.5) is 13.2 Å². The van der Waals surface area contributed by atoms with E-state index in [-0.39, 0.29) is 91.4 Å². The van der Waals surface area contributed by atoms with Crippen LogP contribution in [0.5, 0.6) is 5.75 Å². The normalized spacial score (nSPS) is 11.6. The molecule has 0 saturated heterocycles. The number of hydrogen-bond donors (Lipinski definition) is 2. The summed E-state index contributed by atoms with van der Waals surface area (Å²) in [4.78, 5) is 29.6. The molecule has 4 rings (SSSR count). The molecule has 0 saturated carbocycles. The number of halogens is 3. The number of hydrogen-bond acceptors (Lipinski definition) is 7. The van der Waals surface area contributed by atoms with Crippen molar-refractivity contribution in [3.63, 3.8) is 0 Å². The topological polar surface area (TPSA) is 124 Å². The van der Waals surface area contributed by atoms with Crippen LogP contribution in [-0.4, -0.2) is 32.3 Å². The van der Waals surface area contributed by atoms with Crippen LogP contribution in [-0.2, 0) is 19.8 Å². The van der Waals surface area contributed by atoms with Gasteiger partial charge in [0.05, 0.1) is 39.0 Å². The standard InChI is InChI=1S/C25H21F3N6O3S.K/c1-14(20-22(35)21(34(2)33-20)15-6-8-16(9-7-15)25(26,27)28)31-32-24(37)19-11-10-18(38-19)23(36)30-13-17-5-3-4-12-29-17;/h3-12,35H,13H2,1-2H3,(H,30,36)(H,32,37);/q;+1/p-1/b31-14+;. The summed E-state index contributed by atoms with van der Waals surface area (Å²) >= 11 is 0.966. The number of pyridine rings is 1. The van der Waals surface area contributed by atoms with E-state index in [0.29, 0.717) is 10.6 Å². The van der Waals surface area contributed by atoms with E-state index in [1.165, 1.54) is 42.9 Å². The number of alkyl halides is 3. The monoisotopic (exact) mass is 580 g/mol. The number of thiophene rings is 1. The first-order valence-corrected chi connectivity index (χ1v) is 11.9. The predicted molar refractivity (Wildman–Crippen MR) is 132 cm³/mol. The smallest absolute Gasteiger partial charge is 0.869 e. The van der Waals surface area contributed by atoms with Crippen molar-refractivity contribution in [3.05, 3.63) is 87.5 Å². The van der Waals surface area contributed by atoms with E-state index < -0.39 is 23.4 Å². The number of carbonyl (C=O) groups is 2. The summed E-state index contributed by atoms with van der Waals surface area (Å²) in [5.41, 5.74) is 2.55. The molecular weight excluding hydrogens is 560 g/mol. The zero-order chi connectivity index (χ0) is 27.4. The second-order valence-corrected chi connectivity index (χ2v) is 9.11. The third-order valence-corrected chi connectivity index (χ3v) is 6.45. The van der Waals surface area contributed by atoms with Crippen molar-refractivity contribution in [2.45, 2.75) is 19.6 Å². The van der Waals surface area contributed by atoms with Crippen molar-refractivity contribution in [2.24, 2.45) is 12.1 Å². The summed E-state index contributed by atoms with van der Waals surface area (Å²) in [5.74, 6) is -1.50. The fourth-order valence-corrected chi connectivity index (χ4v) is 4.27. The van der Waals surface area contributed by atoms with Crippen molar-refractivity contribution in [3.8, 4) is 17.0 Å². The van der Waals surface area contributed by atoms with Crippen molar-refractivity contribution in [1.29, 1.82) is 0 Å². The van der Waals surface area contributed by atoms with Crippen molar-refractivity contribution < 1.29 is 79.3 Å². The van der Waals surface area contributed by atoms with Crippen LogP contribution in [0.25, 0.3) is 11.3 Å². The molecule has 0 unspecified atom stereocenters. The number of amides is 2. The van der Waals surface area contributed by atoms with E-state index in [2.05, 4.69) is 25.9 Å². The molecular formula is C25H20F3KN6O3S. The molecule has 0 radical (unpaired) electrons. The maximum Gasteiger partial charge on any atom is 1.00 e. The molecule has 14 heteroatoms. The van der Waals surface area contributed by atoms with Crippen LogP contribution in [0.2, 0.25) is 0 Å². The second kappa shape index (κ2) is 13.0. The minimum absolute atomic E-state index is 0. The maximum absolute atomic E-state index is 12.9. The molecule has 0 aliphatic carbocycles.